The van der Waals surface area contributed by atoms with Crippen LogP contribution in [0.1, 0.15) is 0 Å². The molecule has 4 N–H and O–H groups in total. The molecule has 0 aliphatic carbocycles. The van der Waals surface area contributed by atoms with Gasteiger partial charge in [0, 0.05) is 11.8 Å². The van der Waals surface area contributed by atoms with Crippen LogP contribution < -0.4 is 16.2 Å². The van der Waals surface area contributed by atoms with Crippen molar-refractivity contribution >= 4 is 22.7 Å². The van der Waals surface area contributed by atoms with Crippen molar-refractivity contribution in [1.29, 1.82) is 0 Å². The molecule has 3 aromatic rings. The van der Waals surface area contributed by atoms with Gasteiger partial charge in [-0.2, -0.15) is 5.11 Å². The Morgan fingerprint density at radius 2 is 1.46 bits per heavy atom. The van der Waals surface area contributed by atoms with E-state index in [9.17, 15) is 0 Å². The van der Waals surface area contributed by atoms with Crippen molar-refractivity contribution < 1.29 is 4.74 Å². The van der Waals surface area contributed by atoms with Crippen LogP contribution in [0, 0.1) is 0 Å². The number of anilines is 2. The summed E-state index contributed by atoms with van der Waals surface area (Å²) in [5.41, 5.74) is 14.1. The predicted octanol–water partition coefficient (Wildman–Crippen LogP) is 4.96. The van der Waals surface area contributed by atoms with E-state index in [2.05, 4.69) is 10.2 Å². The quantitative estimate of drug-likeness (QED) is 0.528. The van der Waals surface area contributed by atoms with E-state index in [0.717, 1.165) is 17.1 Å². The maximum atomic E-state index is 5.73. The topological polar surface area (TPSA) is 86.0 Å². The normalized spacial score (nSPS) is 10.0. The Bertz CT molecular complexity index is 788. The lowest BCUT2D eigenvalue weighted by atomic mass is 10.3. The molecule has 0 bridgehead atoms. The van der Waals surface area contributed by atoms with Gasteiger partial charge in [-0.3, -0.25) is 0 Å². The minimum absolute atomic E-state index is 0.636. The van der Waals surface area contributed by atoms with Gasteiger partial charge in [-0.05, 0) is 36.4 Å². The third kappa shape index (κ3) is 5.46. The van der Waals surface area contributed by atoms with Gasteiger partial charge in [0.2, 0.25) is 0 Å². The molecule has 5 heteroatoms. The lowest BCUT2D eigenvalue weighted by Gasteiger charge is -1.97. The van der Waals surface area contributed by atoms with Crippen LogP contribution in [0.15, 0.2) is 89.1 Å². The molecule has 0 aromatic heterocycles. The van der Waals surface area contributed by atoms with Crippen LogP contribution in [0.2, 0.25) is 0 Å². The first-order valence-electron chi connectivity index (χ1n) is 7.40. The monoisotopic (exact) mass is 320 g/mol. The second-order valence-corrected chi connectivity index (χ2v) is 4.87. The van der Waals surface area contributed by atoms with E-state index in [1.54, 1.807) is 19.2 Å². The Balaban J connectivity index is 0.000000198. The van der Waals surface area contributed by atoms with Crippen LogP contribution >= 0.6 is 0 Å². The largest absolute Gasteiger partial charge is 0.497 e. The summed E-state index contributed by atoms with van der Waals surface area (Å²) < 4.78 is 4.92. The molecule has 24 heavy (non-hydrogen) atoms. The van der Waals surface area contributed by atoms with Gasteiger partial charge in [-0.15, -0.1) is 5.11 Å². The minimum atomic E-state index is 0.636. The summed E-state index contributed by atoms with van der Waals surface area (Å²) in [4.78, 5) is 0. The van der Waals surface area contributed by atoms with Crippen LogP contribution in [0.25, 0.3) is 0 Å². The van der Waals surface area contributed by atoms with Crippen molar-refractivity contribution in [2.24, 2.45) is 10.2 Å². The maximum absolute atomic E-state index is 5.73. The number of rotatable bonds is 3. The molecule has 3 aromatic carbocycles. The number of methoxy groups -OCH3 is 1. The van der Waals surface area contributed by atoms with Gasteiger partial charge in [0.1, 0.15) is 11.4 Å². The van der Waals surface area contributed by atoms with Crippen molar-refractivity contribution in [3.8, 4) is 5.75 Å². The molecule has 5 nitrogen and oxygen atoms in total. The fourth-order valence-corrected chi connectivity index (χ4v) is 1.83. The Labute approximate surface area is 141 Å². The zero-order valence-corrected chi connectivity index (χ0v) is 13.5. The van der Waals surface area contributed by atoms with E-state index in [4.69, 9.17) is 16.2 Å². The smallest absolute Gasteiger partial charge is 0.120 e. The third-order valence-corrected chi connectivity index (χ3v) is 3.06. The zero-order chi connectivity index (χ0) is 17.2. The summed E-state index contributed by atoms with van der Waals surface area (Å²) in [6.07, 6.45) is 0. The minimum Gasteiger partial charge on any atom is -0.497 e. The molecule has 0 fully saturated rings. The van der Waals surface area contributed by atoms with Crippen molar-refractivity contribution in [2.75, 3.05) is 18.6 Å². The molecule has 0 saturated heterocycles. The Morgan fingerprint density at radius 1 is 0.750 bits per heavy atom. The zero-order valence-electron chi connectivity index (χ0n) is 13.5. The highest BCUT2D eigenvalue weighted by Crippen LogP contribution is 2.23. The Kier molecular flexibility index (Phi) is 6.35. The molecule has 3 rings (SSSR count). The maximum Gasteiger partial charge on any atom is 0.120 e. The van der Waals surface area contributed by atoms with Gasteiger partial charge in [0.15, 0.2) is 0 Å². The molecule has 0 heterocycles. The number of nitrogens with two attached hydrogens (primary N) is 2. The van der Waals surface area contributed by atoms with E-state index in [0.29, 0.717) is 11.4 Å². The third-order valence-electron chi connectivity index (χ3n) is 3.06. The van der Waals surface area contributed by atoms with Crippen molar-refractivity contribution in [3.63, 3.8) is 0 Å². The van der Waals surface area contributed by atoms with E-state index >= 15 is 0 Å². The van der Waals surface area contributed by atoms with E-state index < -0.39 is 0 Å². The average Bonchev–Trinajstić information content (AvgIpc) is 2.62. The first-order valence-corrected chi connectivity index (χ1v) is 7.40. The number of hydrogen-bond donors (Lipinski definition) is 2. The molecule has 0 saturated carbocycles. The molecule has 0 spiro atoms. The Hall–Kier alpha value is -3.34. The highest BCUT2D eigenvalue weighted by Gasteiger charge is 1.93. The molecular formula is C19H20N4O. The standard InChI is InChI=1S/C12H11N3.C7H9NO/c13-11-8-4-5-9-12(11)15-14-10-6-2-1-3-7-10;1-9-7-4-2-3-6(8)5-7/h1-9H,13H2;2-5H,8H2,1H3. The highest BCUT2D eigenvalue weighted by atomic mass is 16.5. The first-order chi connectivity index (χ1) is 11.7. The van der Waals surface area contributed by atoms with E-state index in [1.165, 1.54) is 0 Å². The number of nitrogens with zero attached hydrogens (tertiary/aromatic N) is 2. The molecule has 0 unspecified atom stereocenters. The molecule has 0 radical (unpaired) electrons. The second kappa shape index (κ2) is 8.95. The summed E-state index contributed by atoms with van der Waals surface area (Å²) in [6.45, 7) is 0. The number of nitrogen functional groups attached to an aromatic ring is 2. The van der Waals surface area contributed by atoms with Crippen LogP contribution in [0.4, 0.5) is 22.7 Å². The summed E-state index contributed by atoms with van der Waals surface area (Å²) in [5.74, 6) is 0.801. The number of azo groups is 1. The average molecular weight is 320 g/mol. The molecule has 0 atom stereocenters. The van der Waals surface area contributed by atoms with Gasteiger partial charge < -0.3 is 16.2 Å². The van der Waals surface area contributed by atoms with Gasteiger partial charge in [0.05, 0.1) is 18.5 Å². The fraction of sp³-hybridized carbons (Fsp3) is 0.0526. The molecule has 122 valence electrons. The second-order valence-electron chi connectivity index (χ2n) is 4.87. The lowest BCUT2D eigenvalue weighted by Crippen LogP contribution is -1.86. The van der Waals surface area contributed by atoms with E-state index in [1.807, 2.05) is 66.7 Å². The van der Waals surface area contributed by atoms with Crippen LogP contribution in [-0.2, 0) is 0 Å². The summed E-state index contributed by atoms with van der Waals surface area (Å²) in [7, 11) is 1.62. The number of ether oxygens (including phenoxy) is 1. The fourth-order valence-electron chi connectivity index (χ4n) is 1.83. The summed E-state index contributed by atoms with van der Waals surface area (Å²) in [6, 6.07) is 24.3. The van der Waals surface area contributed by atoms with Crippen molar-refractivity contribution in [2.45, 2.75) is 0 Å². The van der Waals surface area contributed by atoms with E-state index in [-0.39, 0.29) is 0 Å². The van der Waals surface area contributed by atoms with Crippen molar-refractivity contribution in [1.82, 2.24) is 0 Å². The first kappa shape index (κ1) is 17.0. The molecule has 0 amide bonds. The van der Waals surface area contributed by atoms with Gasteiger partial charge in [0.25, 0.3) is 0 Å². The van der Waals surface area contributed by atoms with Crippen LogP contribution in [0.3, 0.4) is 0 Å². The van der Waals surface area contributed by atoms with Crippen LogP contribution in [-0.4, -0.2) is 7.11 Å². The molecule has 0 aliphatic heterocycles. The van der Waals surface area contributed by atoms with Gasteiger partial charge in [-0.1, -0.05) is 36.4 Å². The summed E-state index contributed by atoms with van der Waals surface area (Å²) >= 11 is 0. The number of para-hydroxylation sites is 1. The Morgan fingerprint density at radius 3 is 2.08 bits per heavy atom. The summed E-state index contributed by atoms with van der Waals surface area (Å²) in [5, 5.41) is 8.16. The highest BCUT2D eigenvalue weighted by molar-refractivity contribution is 5.61. The molecule has 0 aliphatic rings. The lowest BCUT2D eigenvalue weighted by molar-refractivity contribution is 0.415. The number of benzene rings is 3. The predicted molar refractivity (Wildman–Crippen MR) is 98.9 cm³/mol. The van der Waals surface area contributed by atoms with Gasteiger partial charge in [-0.25, -0.2) is 0 Å². The molecular weight excluding hydrogens is 300 g/mol. The SMILES string of the molecule is COc1cccc(N)c1.Nc1ccccc1N=Nc1ccccc1. The number of hydrogen-bond acceptors (Lipinski definition) is 5. The van der Waals surface area contributed by atoms with Crippen molar-refractivity contribution in [3.05, 3.63) is 78.9 Å². The van der Waals surface area contributed by atoms with Gasteiger partial charge >= 0.3 is 0 Å². The van der Waals surface area contributed by atoms with Crippen LogP contribution in [0.5, 0.6) is 5.75 Å².